The van der Waals surface area contributed by atoms with Crippen LogP contribution in [-0.4, -0.2) is 10.8 Å². The lowest BCUT2D eigenvalue weighted by Gasteiger charge is -2.28. The molecule has 0 saturated heterocycles. The highest BCUT2D eigenvalue weighted by Crippen LogP contribution is 2.54. The van der Waals surface area contributed by atoms with Gasteiger partial charge in [-0.15, -0.1) is 11.3 Å². The number of para-hydroxylation sites is 2. The van der Waals surface area contributed by atoms with Crippen LogP contribution in [0, 0.1) is 0 Å². The number of hydrogen-bond acceptors (Lipinski definition) is 4. The van der Waals surface area contributed by atoms with Crippen LogP contribution < -0.4 is 4.90 Å². The summed E-state index contributed by atoms with van der Waals surface area (Å²) < 4.78 is 0. The fraction of sp³-hybridized carbons (Fsp3) is 0.150. The van der Waals surface area contributed by atoms with E-state index in [0.29, 0.717) is 0 Å². The molecule has 2 aliphatic carbocycles. The number of carbonyl (C=O) groups excluding carboxylic acids is 1. The lowest BCUT2D eigenvalue weighted by molar-refractivity contribution is 0.103. The number of thiophene rings is 1. The predicted molar refractivity (Wildman–Crippen MR) is 184 cm³/mol. The quantitative estimate of drug-likeness (QED) is 0.192. The average Bonchev–Trinajstić information content (AvgIpc) is 3.62. The second kappa shape index (κ2) is 9.60. The molecule has 0 aliphatic heterocycles. The number of rotatable bonds is 4. The molecule has 8 rings (SSSR count). The Hall–Kier alpha value is -4.80. The monoisotopic (exact) mass is 588 g/mol. The number of Topliss-reactive ketones (excluding diaryl/α,β-unsaturated/α-hetero) is 1. The average molecular weight is 589 g/mol. The molecule has 0 fully saturated rings. The zero-order valence-corrected chi connectivity index (χ0v) is 26.1. The molecule has 0 saturated carbocycles. The Morgan fingerprint density at radius 2 is 1.41 bits per heavy atom. The third-order valence-electron chi connectivity index (χ3n) is 9.50. The molecule has 0 unspecified atom stereocenters. The second-order valence-electron chi connectivity index (χ2n) is 12.9. The number of nitrogens with zero attached hydrogens (tertiary/aromatic N) is 2. The van der Waals surface area contributed by atoms with E-state index < -0.39 is 0 Å². The molecule has 214 valence electrons. The highest BCUT2D eigenvalue weighted by molar-refractivity contribution is 7.16. The Bertz CT molecular complexity index is 2150. The number of ketones is 1. The summed E-state index contributed by atoms with van der Waals surface area (Å²) in [6.07, 6.45) is 4.10. The van der Waals surface area contributed by atoms with Gasteiger partial charge >= 0.3 is 0 Å². The Balaban J connectivity index is 1.22. The van der Waals surface area contributed by atoms with Gasteiger partial charge in [-0.05, 0) is 70.8 Å². The van der Waals surface area contributed by atoms with Crippen molar-refractivity contribution in [3.8, 4) is 10.4 Å². The summed E-state index contributed by atoms with van der Waals surface area (Å²) in [6.45, 7) is 8.95. The first-order valence-corrected chi connectivity index (χ1v) is 15.9. The van der Waals surface area contributed by atoms with Crippen LogP contribution >= 0.6 is 11.3 Å². The highest BCUT2D eigenvalue weighted by atomic mass is 32.1. The van der Waals surface area contributed by atoms with Gasteiger partial charge in [0.25, 0.3) is 0 Å². The molecule has 0 atom stereocenters. The smallest absolute Gasteiger partial charge is 0.190 e. The van der Waals surface area contributed by atoms with Crippen LogP contribution in [0.4, 0.5) is 17.1 Å². The van der Waals surface area contributed by atoms with Gasteiger partial charge in [-0.1, -0.05) is 94.4 Å². The van der Waals surface area contributed by atoms with E-state index >= 15 is 0 Å². The third kappa shape index (κ3) is 3.94. The van der Waals surface area contributed by atoms with Crippen LogP contribution in [0.3, 0.4) is 0 Å². The van der Waals surface area contributed by atoms with Gasteiger partial charge in [-0.25, -0.2) is 0 Å². The lowest BCUT2D eigenvalue weighted by Crippen LogP contribution is -2.17. The molecule has 2 aliphatic rings. The predicted octanol–water partition coefficient (Wildman–Crippen LogP) is 10.6. The third-order valence-corrected chi connectivity index (χ3v) is 10.6. The van der Waals surface area contributed by atoms with Gasteiger partial charge in [0.15, 0.2) is 5.78 Å². The Kier molecular flexibility index (Phi) is 5.85. The number of allylic oxidation sites excluding steroid dienone is 1. The van der Waals surface area contributed by atoms with Crippen molar-refractivity contribution in [3.63, 3.8) is 0 Å². The summed E-state index contributed by atoms with van der Waals surface area (Å²) in [5.41, 5.74) is 10.4. The maximum Gasteiger partial charge on any atom is 0.190 e. The zero-order chi connectivity index (χ0) is 30.2. The minimum atomic E-state index is -0.317. The van der Waals surface area contributed by atoms with Gasteiger partial charge in [-0.2, -0.15) is 0 Å². The fourth-order valence-electron chi connectivity index (χ4n) is 7.07. The van der Waals surface area contributed by atoms with Gasteiger partial charge in [0.1, 0.15) is 0 Å². The van der Waals surface area contributed by atoms with Crippen LogP contribution in [0.5, 0.6) is 0 Å². The standard InChI is InChI=1S/C40H32N2OS/c1-39(2)32-16-10-9-15-30(32)37(43)34(39)22-29-23-35-38(44-29)31-19-18-27(21-33(31)40(35,3)4)42(26-13-6-5-7-14-26)28-20-25-12-8-11-17-36(25)41-24-28/h5-24H,1-4H3/b34-22+. The first-order chi connectivity index (χ1) is 21.2. The SMILES string of the molecule is CC1(C)/C(=C/c2cc3c(s2)-c2ccc(N(c4ccccc4)c4cnc5ccccc5c4)cc2C3(C)C)C(=O)c2ccccc21. The summed E-state index contributed by atoms with van der Waals surface area (Å²) in [5, 5.41) is 1.11. The Morgan fingerprint density at radius 3 is 2.23 bits per heavy atom. The van der Waals surface area contributed by atoms with Crippen molar-refractivity contribution in [1.29, 1.82) is 0 Å². The number of carbonyl (C=O) groups is 1. The second-order valence-corrected chi connectivity index (χ2v) is 13.9. The van der Waals surface area contributed by atoms with Crippen LogP contribution in [0.2, 0.25) is 0 Å². The maximum atomic E-state index is 13.5. The number of anilines is 3. The molecule has 2 aromatic heterocycles. The lowest BCUT2D eigenvalue weighted by atomic mass is 9.81. The van der Waals surface area contributed by atoms with Crippen molar-refractivity contribution < 1.29 is 4.79 Å². The Labute approximate surface area is 262 Å². The Morgan fingerprint density at radius 1 is 0.659 bits per heavy atom. The van der Waals surface area contributed by atoms with Crippen LogP contribution in [-0.2, 0) is 10.8 Å². The van der Waals surface area contributed by atoms with E-state index in [1.807, 2.05) is 30.5 Å². The van der Waals surface area contributed by atoms with Crippen molar-refractivity contribution in [2.45, 2.75) is 38.5 Å². The van der Waals surface area contributed by atoms with Gasteiger partial charge in [0, 0.05) is 48.5 Å². The van der Waals surface area contributed by atoms with Crippen molar-refractivity contribution in [1.82, 2.24) is 4.98 Å². The van der Waals surface area contributed by atoms with Gasteiger partial charge in [-0.3, -0.25) is 9.78 Å². The summed E-state index contributed by atoms with van der Waals surface area (Å²) in [4.78, 5) is 23.0. The number of pyridine rings is 1. The van der Waals surface area contributed by atoms with E-state index in [1.165, 1.54) is 21.6 Å². The van der Waals surface area contributed by atoms with Crippen LogP contribution in [0.1, 0.15) is 59.6 Å². The van der Waals surface area contributed by atoms with Crippen molar-refractivity contribution >= 4 is 51.2 Å². The molecule has 0 radical (unpaired) electrons. The largest absolute Gasteiger partial charge is 0.309 e. The molecule has 3 nitrogen and oxygen atoms in total. The minimum Gasteiger partial charge on any atom is -0.309 e. The molecule has 0 N–H and O–H groups in total. The first-order valence-electron chi connectivity index (χ1n) is 15.1. The van der Waals surface area contributed by atoms with E-state index in [2.05, 4.69) is 124 Å². The van der Waals surface area contributed by atoms with Crippen molar-refractivity contribution in [3.05, 3.63) is 148 Å². The van der Waals surface area contributed by atoms with Gasteiger partial charge in [0.05, 0.1) is 17.4 Å². The van der Waals surface area contributed by atoms with E-state index in [4.69, 9.17) is 4.98 Å². The van der Waals surface area contributed by atoms with Gasteiger partial charge < -0.3 is 4.90 Å². The number of hydrogen-bond donors (Lipinski definition) is 0. The van der Waals surface area contributed by atoms with Gasteiger partial charge in [0.2, 0.25) is 0 Å². The maximum absolute atomic E-state index is 13.5. The number of fused-ring (bicyclic) bond motifs is 5. The number of benzene rings is 4. The molecular formula is C40H32N2OS. The molecule has 44 heavy (non-hydrogen) atoms. The summed E-state index contributed by atoms with van der Waals surface area (Å²) in [7, 11) is 0. The molecule has 0 amide bonds. The van der Waals surface area contributed by atoms with E-state index in [-0.39, 0.29) is 16.6 Å². The summed E-state index contributed by atoms with van der Waals surface area (Å²) >= 11 is 1.79. The molecular weight excluding hydrogens is 557 g/mol. The molecule has 0 bridgehead atoms. The topological polar surface area (TPSA) is 33.2 Å². The van der Waals surface area contributed by atoms with Crippen molar-refractivity contribution in [2.75, 3.05) is 4.90 Å². The van der Waals surface area contributed by atoms with Crippen molar-refractivity contribution in [2.24, 2.45) is 0 Å². The molecule has 4 aromatic carbocycles. The van der Waals surface area contributed by atoms with Crippen LogP contribution in [0.15, 0.2) is 121 Å². The zero-order valence-electron chi connectivity index (χ0n) is 25.3. The molecule has 0 spiro atoms. The van der Waals surface area contributed by atoms with E-state index in [9.17, 15) is 4.79 Å². The molecule has 4 heteroatoms. The summed E-state index contributed by atoms with van der Waals surface area (Å²) in [6, 6.07) is 38.2. The highest BCUT2D eigenvalue weighted by Gasteiger charge is 2.42. The minimum absolute atomic E-state index is 0.146. The van der Waals surface area contributed by atoms with E-state index in [0.717, 1.165) is 49.5 Å². The number of aromatic nitrogens is 1. The van der Waals surface area contributed by atoms with Crippen LogP contribution in [0.25, 0.3) is 27.4 Å². The molecule has 6 aromatic rings. The normalized spacial score (nSPS) is 16.6. The summed E-state index contributed by atoms with van der Waals surface area (Å²) in [5.74, 6) is 0.146. The molecule has 2 heterocycles. The van der Waals surface area contributed by atoms with E-state index in [1.54, 1.807) is 11.3 Å². The first kappa shape index (κ1) is 26.8. The fourth-order valence-corrected chi connectivity index (χ4v) is 8.37.